The molecule has 0 saturated carbocycles. The third kappa shape index (κ3) is 5.87. The molecule has 0 radical (unpaired) electrons. The second kappa shape index (κ2) is 10.6. The second-order valence-corrected chi connectivity index (χ2v) is 8.81. The van der Waals surface area contributed by atoms with Crippen molar-refractivity contribution < 1.29 is 19.4 Å². The van der Waals surface area contributed by atoms with Gasteiger partial charge in [-0.05, 0) is 44.8 Å². The minimum atomic E-state index is -0.327. The molecule has 2 N–H and O–H groups in total. The molecular weight excluding hydrogens is 406 g/mol. The van der Waals surface area contributed by atoms with Gasteiger partial charge in [0.05, 0.1) is 24.6 Å². The lowest BCUT2D eigenvalue weighted by atomic mass is 9.99. The van der Waals surface area contributed by atoms with Gasteiger partial charge in [0, 0.05) is 24.7 Å². The number of benzene rings is 2. The van der Waals surface area contributed by atoms with Gasteiger partial charge in [0.1, 0.15) is 11.9 Å². The summed E-state index contributed by atoms with van der Waals surface area (Å²) in [5.41, 5.74) is 1.84. The van der Waals surface area contributed by atoms with Gasteiger partial charge in [0.25, 0.3) is 5.91 Å². The highest BCUT2D eigenvalue weighted by Crippen LogP contribution is 2.30. The molecule has 2 aromatic carbocycles. The van der Waals surface area contributed by atoms with Gasteiger partial charge in [-0.25, -0.2) is 0 Å². The Labute approximate surface area is 190 Å². The van der Waals surface area contributed by atoms with Crippen LogP contribution in [-0.2, 0) is 11.2 Å². The van der Waals surface area contributed by atoms with Gasteiger partial charge in [0.15, 0.2) is 0 Å². The summed E-state index contributed by atoms with van der Waals surface area (Å²) in [5, 5.41) is 12.6. The zero-order chi connectivity index (χ0) is 23.3. The van der Waals surface area contributed by atoms with Crippen LogP contribution in [0.3, 0.4) is 0 Å². The van der Waals surface area contributed by atoms with Crippen molar-refractivity contribution in [2.75, 3.05) is 39.1 Å². The zero-order valence-corrected chi connectivity index (χ0v) is 19.2. The van der Waals surface area contributed by atoms with E-state index in [1.165, 1.54) is 0 Å². The molecule has 3 rings (SSSR count). The van der Waals surface area contributed by atoms with Crippen LogP contribution < -0.4 is 10.1 Å². The van der Waals surface area contributed by atoms with E-state index in [-0.39, 0.29) is 42.9 Å². The number of carbonyl (C=O) groups is 2. The number of carbonyl (C=O) groups excluding carboxylic acids is 2. The van der Waals surface area contributed by atoms with Crippen LogP contribution in [-0.4, -0.2) is 72.7 Å². The Bertz CT molecular complexity index is 932. The fourth-order valence-corrected chi connectivity index (χ4v) is 3.86. The molecule has 0 aromatic heterocycles. The van der Waals surface area contributed by atoms with E-state index in [1.807, 2.05) is 51.4 Å². The number of ether oxygens (including phenoxy) is 1. The average Bonchev–Trinajstić information content (AvgIpc) is 2.76. The first-order valence-corrected chi connectivity index (χ1v) is 11.0. The highest BCUT2D eigenvalue weighted by molar-refractivity contribution is 6.00. The Morgan fingerprint density at radius 2 is 1.97 bits per heavy atom. The highest BCUT2D eigenvalue weighted by atomic mass is 16.5. The van der Waals surface area contributed by atoms with Crippen LogP contribution in [0, 0.1) is 5.92 Å². The Hall–Kier alpha value is -2.90. The first kappa shape index (κ1) is 23.8. The lowest BCUT2D eigenvalue weighted by molar-refractivity contribution is -0.115. The standard InChI is InChI=1S/C25H33N3O4/c1-17-14-28(18(2)16-29)25(31)21-13-20(10-11-22(21)32-23(17)15-27(3)4)26-24(30)12-19-8-6-5-7-9-19/h5-11,13,17-18,23,29H,12,14-16H2,1-4H3,(H,26,30)/t17-,18-,23-/m1/s1. The summed E-state index contributed by atoms with van der Waals surface area (Å²) in [4.78, 5) is 29.7. The number of anilines is 1. The number of likely N-dealkylation sites (N-methyl/N-ethyl adjacent to an activating group) is 1. The first-order chi connectivity index (χ1) is 15.3. The number of hydrogen-bond donors (Lipinski definition) is 2. The maximum atomic E-state index is 13.4. The lowest BCUT2D eigenvalue weighted by Gasteiger charge is -2.37. The number of aliphatic hydroxyl groups is 1. The van der Waals surface area contributed by atoms with E-state index in [9.17, 15) is 14.7 Å². The van der Waals surface area contributed by atoms with Gasteiger partial charge in [-0.2, -0.15) is 0 Å². The zero-order valence-electron chi connectivity index (χ0n) is 19.2. The number of hydrogen-bond acceptors (Lipinski definition) is 5. The molecule has 1 aliphatic heterocycles. The molecule has 32 heavy (non-hydrogen) atoms. The SMILES string of the molecule is C[C@@H]1CN([C@H](C)CO)C(=O)c2cc(NC(=O)Cc3ccccc3)ccc2O[C@@H]1CN(C)C. The molecule has 1 heterocycles. The molecule has 7 nitrogen and oxygen atoms in total. The van der Waals surface area contributed by atoms with Crippen molar-refractivity contribution in [1.29, 1.82) is 0 Å². The summed E-state index contributed by atoms with van der Waals surface area (Å²) >= 11 is 0. The Balaban J connectivity index is 1.89. The largest absolute Gasteiger partial charge is 0.488 e. The third-order valence-electron chi connectivity index (χ3n) is 5.70. The molecule has 0 saturated heterocycles. The van der Waals surface area contributed by atoms with E-state index in [0.717, 1.165) is 5.56 Å². The average molecular weight is 440 g/mol. The van der Waals surface area contributed by atoms with Crippen LogP contribution >= 0.6 is 0 Å². The van der Waals surface area contributed by atoms with E-state index >= 15 is 0 Å². The van der Waals surface area contributed by atoms with Crippen LogP contribution in [0.25, 0.3) is 0 Å². The third-order valence-corrected chi connectivity index (χ3v) is 5.70. The van der Waals surface area contributed by atoms with Crippen molar-refractivity contribution >= 4 is 17.5 Å². The van der Waals surface area contributed by atoms with Gasteiger partial charge in [0.2, 0.25) is 5.91 Å². The molecule has 172 valence electrons. The maximum absolute atomic E-state index is 13.4. The van der Waals surface area contributed by atoms with Gasteiger partial charge < -0.3 is 25.0 Å². The summed E-state index contributed by atoms with van der Waals surface area (Å²) < 4.78 is 6.28. The summed E-state index contributed by atoms with van der Waals surface area (Å²) in [7, 11) is 3.97. The van der Waals surface area contributed by atoms with Crippen LogP contribution in [0.5, 0.6) is 5.75 Å². The fourth-order valence-electron chi connectivity index (χ4n) is 3.86. The number of amides is 2. The van der Waals surface area contributed by atoms with Crippen LogP contribution in [0.15, 0.2) is 48.5 Å². The smallest absolute Gasteiger partial charge is 0.258 e. The Kier molecular flexibility index (Phi) is 7.88. The number of nitrogens with zero attached hydrogens (tertiary/aromatic N) is 2. The van der Waals surface area contributed by atoms with Gasteiger partial charge in [-0.15, -0.1) is 0 Å². The Morgan fingerprint density at radius 1 is 1.25 bits per heavy atom. The van der Waals surface area contributed by atoms with E-state index < -0.39 is 0 Å². The summed E-state index contributed by atoms with van der Waals surface area (Å²) in [6, 6.07) is 14.3. The maximum Gasteiger partial charge on any atom is 0.258 e. The summed E-state index contributed by atoms with van der Waals surface area (Å²) in [6.45, 7) is 4.94. The van der Waals surface area contributed by atoms with Crippen LogP contribution in [0.4, 0.5) is 5.69 Å². The van der Waals surface area contributed by atoms with E-state index in [2.05, 4.69) is 17.1 Å². The van der Waals surface area contributed by atoms with E-state index in [4.69, 9.17) is 4.74 Å². The van der Waals surface area contributed by atoms with Gasteiger partial charge in [-0.3, -0.25) is 9.59 Å². The fraction of sp³-hybridized carbons (Fsp3) is 0.440. The van der Waals surface area contributed by atoms with Gasteiger partial charge in [-0.1, -0.05) is 37.3 Å². The molecular formula is C25H33N3O4. The molecule has 2 amide bonds. The predicted molar refractivity (Wildman–Crippen MR) is 125 cm³/mol. The molecule has 2 aromatic rings. The highest BCUT2D eigenvalue weighted by Gasteiger charge is 2.33. The lowest BCUT2D eigenvalue weighted by Crippen LogP contribution is -2.49. The van der Waals surface area contributed by atoms with E-state index in [0.29, 0.717) is 30.1 Å². The molecule has 0 fully saturated rings. The summed E-state index contributed by atoms with van der Waals surface area (Å²) in [6.07, 6.45) is 0.127. The number of aliphatic hydroxyl groups excluding tert-OH is 1. The van der Waals surface area contributed by atoms with Crippen molar-refractivity contribution in [3.05, 3.63) is 59.7 Å². The predicted octanol–water partition coefficient (Wildman–Crippen LogP) is 2.65. The van der Waals surface area contributed by atoms with Gasteiger partial charge >= 0.3 is 0 Å². The van der Waals surface area contributed by atoms with E-state index in [1.54, 1.807) is 23.1 Å². The van der Waals surface area contributed by atoms with Crippen molar-refractivity contribution in [2.45, 2.75) is 32.4 Å². The minimum absolute atomic E-state index is 0.0775. The van der Waals surface area contributed by atoms with Crippen molar-refractivity contribution in [2.24, 2.45) is 5.92 Å². The molecule has 7 heteroatoms. The van der Waals surface area contributed by atoms with Crippen LogP contribution in [0.1, 0.15) is 29.8 Å². The minimum Gasteiger partial charge on any atom is -0.488 e. The molecule has 0 bridgehead atoms. The number of rotatable bonds is 7. The molecule has 3 atom stereocenters. The van der Waals surface area contributed by atoms with Crippen molar-refractivity contribution in [3.63, 3.8) is 0 Å². The number of fused-ring (bicyclic) bond motifs is 1. The molecule has 1 aliphatic rings. The Morgan fingerprint density at radius 3 is 2.62 bits per heavy atom. The number of nitrogens with one attached hydrogen (secondary N) is 1. The summed E-state index contributed by atoms with van der Waals surface area (Å²) in [5.74, 6) is 0.198. The normalized spacial score (nSPS) is 19.6. The first-order valence-electron chi connectivity index (χ1n) is 11.0. The van der Waals surface area contributed by atoms with Crippen molar-refractivity contribution in [3.8, 4) is 5.75 Å². The monoisotopic (exact) mass is 439 g/mol. The quantitative estimate of drug-likeness (QED) is 0.693. The molecule has 0 spiro atoms. The molecule has 0 aliphatic carbocycles. The topological polar surface area (TPSA) is 82.1 Å². The second-order valence-electron chi connectivity index (χ2n) is 8.81. The van der Waals surface area contributed by atoms with Crippen LogP contribution in [0.2, 0.25) is 0 Å². The molecule has 0 unspecified atom stereocenters. The van der Waals surface area contributed by atoms with Crippen molar-refractivity contribution in [1.82, 2.24) is 9.80 Å².